The lowest BCUT2D eigenvalue weighted by atomic mass is 9.81. The van der Waals surface area contributed by atoms with Crippen molar-refractivity contribution in [3.8, 4) is 5.75 Å². The van der Waals surface area contributed by atoms with Crippen LogP contribution in [-0.4, -0.2) is 18.2 Å². The van der Waals surface area contributed by atoms with Gasteiger partial charge in [-0.25, -0.2) is 0 Å². The van der Waals surface area contributed by atoms with Crippen molar-refractivity contribution in [2.24, 2.45) is 11.1 Å². The highest BCUT2D eigenvalue weighted by atomic mass is 79.9. The number of hydrogen-bond acceptors (Lipinski definition) is 4. The summed E-state index contributed by atoms with van der Waals surface area (Å²) in [4.78, 5) is 11.7. The van der Waals surface area contributed by atoms with Gasteiger partial charge in [0.25, 0.3) is 0 Å². The summed E-state index contributed by atoms with van der Waals surface area (Å²) in [6.07, 6.45) is 0. The average molecular weight is 373 g/mol. The number of esters is 1. The van der Waals surface area contributed by atoms with Gasteiger partial charge in [0.15, 0.2) is 0 Å². The first-order chi connectivity index (χ1) is 8.23. The van der Waals surface area contributed by atoms with Crippen molar-refractivity contribution >= 4 is 45.9 Å². The van der Waals surface area contributed by atoms with Gasteiger partial charge in [-0.05, 0) is 35.8 Å². The zero-order valence-corrected chi connectivity index (χ0v) is 13.9. The molecule has 0 aliphatic rings. The third-order valence-electron chi connectivity index (χ3n) is 2.92. The maximum atomic E-state index is 11.7. The van der Waals surface area contributed by atoms with Crippen molar-refractivity contribution in [1.82, 2.24) is 0 Å². The molecule has 0 radical (unpaired) electrons. The van der Waals surface area contributed by atoms with Crippen molar-refractivity contribution < 1.29 is 14.6 Å². The van der Waals surface area contributed by atoms with Crippen LogP contribution >= 0.6 is 39.9 Å². The van der Waals surface area contributed by atoms with Gasteiger partial charge < -0.3 is 15.6 Å². The van der Waals surface area contributed by atoms with E-state index in [2.05, 4.69) is 15.9 Å². The van der Waals surface area contributed by atoms with E-state index in [9.17, 15) is 9.90 Å². The summed E-state index contributed by atoms with van der Waals surface area (Å²) in [5, 5.41) is 10.4. The number of methoxy groups -OCH3 is 1. The number of phenols is 1. The van der Waals surface area contributed by atoms with Gasteiger partial charge >= 0.3 is 5.97 Å². The van der Waals surface area contributed by atoms with Crippen LogP contribution in [0.4, 0.5) is 0 Å². The van der Waals surface area contributed by atoms with E-state index in [4.69, 9.17) is 22.1 Å². The highest BCUT2D eigenvalue weighted by Crippen LogP contribution is 2.42. The fraction of sp³-hybridized carbons (Fsp3) is 0.417. The number of nitrogens with two attached hydrogens (primary N) is 1. The summed E-state index contributed by atoms with van der Waals surface area (Å²) in [6, 6.07) is 2.49. The molecule has 1 aromatic rings. The Morgan fingerprint density at radius 3 is 2.53 bits per heavy atom. The predicted octanol–water partition coefficient (Wildman–Crippen LogP) is 3.43. The molecule has 0 aromatic heterocycles. The number of carbonyl (C=O) groups is 1. The Bertz CT molecular complexity index is 480. The van der Waals surface area contributed by atoms with Gasteiger partial charge in [0.05, 0.1) is 22.0 Å². The first-order valence-corrected chi connectivity index (χ1v) is 6.41. The molecule has 3 N–H and O–H groups in total. The van der Waals surface area contributed by atoms with Crippen LogP contribution in [0.1, 0.15) is 25.5 Å². The summed E-state index contributed by atoms with van der Waals surface area (Å²) in [7, 11) is 1.30. The summed E-state index contributed by atoms with van der Waals surface area (Å²) in [6.45, 7) is 3.32. The molecular formula is C12H16BrCl2NO3. The van der Waals surface area contributed by atoms with Gasteiger partial charge in [-0.15, -0.1) is 12.4 Å². The molecule has 0 heterocycles. The van der Waals surface area contributed by atoms with Crippen molar-refractivity contribution in [3.05, 3.63) is 27.2 Å². The fourth-order valence-corrected chi connectivity index (χ4v) is 2.10. The number of benzene rings is 1. The monoisotopic (exact) mass is 371 g/mol. The number of phenolic OH excluding ortho intramolecular Hbond substituents is 1. The molecule has 0 amide bonds. The van der Waals surface area contributed by atoms with Crippen LogP contribution in [0.3, 0.4) is 0 Å². The second-order valence-electron chi connectivity index (χ2n) is 4.49. The molecule has 0 unspecified atom stereocenters. The maximum Gasteiger partial charge on any atom is 0.313 e. The molecule has 1 rings (SSSR count). The van der Waals surface area contributed by atoms with Crippen LogP contribution in [0.25, 0.3) is 0 Å². The SMILES string of the molecule is COC(=O)C(C)(C)[C@H](N)c1ccc(Cl)c(Br)c1O.Cl. The number of ether oxygens (including phenoxy) is 1. The fourth-order valence-electron chi connectivity index (χ4n) is 1.58. The molecule has 0 aliphatic carbocycles. The van der Waals surface area contributed by atoms with Crippen LogP contribution in [0, 0.1) is 5.41 Å². The maximum absolute atomic E-state index is 11.7. The van der Waals surface area contributed by atoms with E-state index in [0.717, 1.165) is 0 Å². The second-order valence-corrected chi connectivity index (χ2v) is 5.69. The van der Waals surface area contributed by atoms with Crippen LogP contribution in [0.15, 0.2) is 16.6 Å². The summed E-state index contributed by atoms with van der Waals surface area (Å²) in [5.41, 5.74) is 5.52. The van der Waals surface area contributed by atoms with Gasteiger partial charge in [0.1, 0.15) is 5.75 Å². The Morgan fingerprint density at radius 2 is 2.05 bits per heavy atom. The smallest absolute Gasteiger partial charge is 0.313 e. The van der Waals surface area contributed by atoms with E-state index in [1.165, 1.54) is 7.11 Å². The summed E-state index contributed by atoms with van der Waals surface area (Å²) < 4.78 is 5.07. The van der Waals surface area contributed by atoms with Crippen molar-refractivity contribution in [2.45, 2.75) is 19.9 Å². The molecule has 0 bridgehead atoms. The molecule has 0 saturated carbocycles. The van der Waals surface area contributed by atoms with E-state index >= 15 is 0 Å². The summed E-state index contributed by atoms with van der Waals surface area (Å²) >= 11 is 9.02. The minimum atomic E-state index is -0.959. The molecule has 7 heteroatoms. The Hall–Kier alpha value is -0.490. The number of carbonyl (C=O) groups excluding carboxylic acids is 1. The molecule has 0 spiro atoms. The standard InChI is InChI=1S/C12H15BrClNO3.ClH/c1-12(2,11(17)18-3)10(15)6-4-5-7(14)8(13)9(6)16;/h4-5,10,16H,15H2,1-3H3;1H/t10-;/m1./s1. The summed E-state index contributed by atoms with van der Waals surface area (Å²) in [5.74, 6) is -0.507. The zero-order valence-electron chi connectivity index (χ0n) is 10.7. The minimum Gasteiger partial charge on any atom is -0.506 e. The van der Waals surface area contributed by atoms with Gasteiger partial charge in [-0.1, -0.05) is 17.7 Å². The number of aromatic hydroxyl groups is 1. The quantitative estimate of drug-likeness (QED) is 0.797. The average Bonchev–Trinajstić information content (AvgIpc) is 2.34. The van der Waals surface area contributed by atoms with Gasteiger partial charge in [0.2, 0.25) is 0 Å². The van der Waals surface area contributed by atoms with Crippen LogP contribution in [-0.2, 0) is 9.53 Å². The molecule has 1 aromatic carbocycles. The predicted molar refractivity (Wildman–Crippen MR) is 80.8 cm³/mol. The van der Waals surface area contributed by atoms with Gasteiger partial charge in [-0.3, -0.25) is 4.79 Å². The molecule has 4 nitrogen and oxygen atoms in total. The highest BCUT2D eigenvalue weighted by molar-refractivity contribution is 9.10. The van der Waals surface area contributed by atoms with Crippen molar-refractivity contribution in [1.29, 1.82) is 0 Å². The van der Waals surface area contributed by atoms with Gasteiger partial charge in [-0.2, -0.15) is 0 Å². The number of hydrogen-bond donors (Lipinski definition) is 2. The molecule has 0 fully saturated rings. The van der Waals surface area contributed by atoms with Crippen LogP contribution < -0.4 is 5.73 Å². The number of rotatable bonds is 3. The van der Waals surface area contributed by atoms with Crippen molar-refractivity contribution in [3.63, 3.8) is 0 Å². The van der Waals surface area contributed by atoms with E-state index in [0.29, 0.717) is 15.1 Å². The first kappa shape index (κ1) is 18.5. The van der Waals surface area contributed by atoms with E-state index in [1.54, 1.807) is 26.0 Å². The Morgan fingerprint density at radius 1 is 1.53 bits per heavy atom. The van der Waals surface area contributed by atoms with Crippen LogP contribution in [0.5, 0.6) is 5.75 Å². The Balaban J connectivity index is 0.00000324. The van der Waals surface area contributed by atoms with Gasteiger partial charge in [0, 0.05) is 11.6 Å². The van der Waals surface area contributed by atoms with E-state index in [1.807, 2.05) is 0 Å². The molecule has 19 heavy (non-hydrogen) atoms. The second kappa shape index (κ2) is 6.79. The molecular weight excluding hydrogens is 357 g/mol. The minimum absolute atomic E-state index is 0. The first-order valence-electron chi connectivity index (χ1n) is 5.24. The highest BCUT2D eigenvalue weighted by Gasteiger charge is 2.38. The zero-order chi connectivity index (χ0) is 14.1. The lowest BCUT2D eigenvalue weighted by Gasteiger charge is -2.29. The van der Waals surface area contributed by atoms with Crippen LogP contribution in [0.2, 0.25) is 5.02 Å². The Kier molecular flexibility index (Phi) is 6.62. The third-order valence-corrected chi connectivity index (χ3v) is 4.27. The molecule has 108 valence electrons. The molecule has 1 atom stereocenters. The Labute approximate surface area is 131 Å². The lowest BCUT2D eigenvalue weighted by molar-refractivity contribution is -0.152. The third kappa shape index (κ3) is 3.54. The number of halogens is 3. The topological polar surface area (TPSA) is 72.5 Å². The largest absolute Gasteiger partial charge is 0.506 e. The lowest BCUT2D eigenvalue weighted by Crippen LogP contribution is -2.37. The van der Waals surface area contributed by atoms with Crippen molar-refractivity contribution in [2.75, 3.05) is 7.11 Å². The van der Waals surface area contributed by atoms with E-state index < -0.39 is 17.4 Å². The molecule has 0 saturated heterocycles. The normalized spacial score (nSPS) is 12.5. The van der Waals surface area contributed by atoms with E-state index in [-0.39, 0.29) is 18.2 Å². The molecule has 0 aliphatic heterocycles.